The molecule has 1 heterocycles. The van der Waals surface area contributed by atoms with Crippen LogP contribution in [0.4, 0.5) is 0 Å². The second kappa shape index (κ2) is 13.8. The maximum absolute atomic E-state index is 12.0. The van der Waals surface area contributed by atoms with Gasteiger partial charge in [0.05, 0.1) is 13.2 Å². The van der Waals surface area contributed by atoms with Crippen molar-refractivity contribution >= 4 is 11.9 Å². The summed E-state index contributed by atoms with van der Waals surface area (Å²) in [6, 6.07) is 0.485. The summed E-state index contributed by atoms with van der Waals surface area (Å²) in [5.74, 6) is 2.25. The maximum Gasteiger partial charge on any atom is 0.220 e. The Morgan fingerprint density at radius 3 is 2.34 bits per heavy atom. The van der Waals surface area contributed by atoms with Crippen molar-refractivity contribution in [3.05, 3.63) is 0 Å². The van der Waals surface area contributed by atoms with Crippen molar-refractivity contribution in [3.8, 4) is 0 Å². The molecule has 168 valence electrons. The van der Waals surface area contributed by atoms with Crippen LogP contribution in [-0.2, 0) is 9.53 Å². The minimum Gasteiger partial charge on any atom is -0.379 e. The summed E-state index contributed by atoms with van der Waals surface area (Å²) in [6.45, 7) is 10.4. The maximum atomic E-state index is 12.0. The van der Waals surface area contributed by atoms with E-state index in [-0.39, 0.29) is 5.91 Å². The second-order valence-corrected chi connectivity index (χ2v) is 8.38. The molecule has 0 radical (unpaired) electrons. The molecule has 7 nitrogen and oxygen atoms in total. The van der Waals surface area contributed by atoms with E-state index in [1.807, 2.05) is 0 Å². The highest BCUT2D eigenvalue weighted by molar-refractivity contribution is 5.80. The first kappa shape index (κ1) is 23.9. The van der Waals surface area contributed by atoms with Crippen LogP contribution >= 0.6 is 0 Å². The van der Waals surface area contributed by atoms with E-state index in [0.717, 1.165) is 38.8 Å². The standard InChI is InChI=1S/C22H43N5O2/c1-4-19(5-2)20(27-12-14-29-15-13-27)17-26-22(23-3)25-11-10-24-21(28)16-18-8-6-7-9-18/h18-20H,4-17H2,1-3H3,(H,24,28)(H2,23,25,26). The van der Waals surface area contributed by atoms with E-state index in [1.165, 1.54) is 38.5 Å². The smallest absolute Gasteiger partial charge is 0.220 e. The zero-order chi connectivity index (χ0) is 20.9. The molecule has 1 aliphatic heterocycles. The van der Waals surface area contributed by atoms with Gasteiger partial charge in [-0.3, -0.25) is 14.7 Å². The van der Waals surface area contributed by atoms with Gasteiger partial charge >= 0.3 is 0 Å². The number of nitrogens with zero attached hydrogens (tertiary/aromatic N) is 2. The van der Waals surface area contributed by atoms with E-state index in [2.05, 4.69) is 39.7 Å². The van der Waals surface area contributed by atoms with Crippen molar-refractivity contribution < 1.29 is 9.53 Å². The Morgan fingerprint density at radius 1 is 1.07 bits per heavy atom. The van der Waals surface area contributed by atoms with Crippen LogP contribution < -0.4 is 16.0 Å². The first-order valence-electron chi connectivity index (χ1n) is 11.7. The van der Waals surface area contributed by atoms with E-state index in [4.69, 9.17) is 4.74 Å². The summed E-state index contributed by atoms with van der Waals surface area (Å²) >= 11 is 0. The Hall–Kier alpha value is -1.34. The van der Waals surface area contributed by atoms with Crippen LogP contribution in [0.15, 0.2) is 4.99 Å². The number of rotatable bonds is 11. The predicted molar refractivity (Wildman–Crippen MR) is 119 cm³/mol. The summed E-state index contributed by atoms with van der Waals surface area (Å²) in [4.78, 5) is 19.0. The lowest BCUT2D eigenvalue weighted by atomic mass is 9.92. The molecule has 29 heavy (non-hydrogen) atoms. The van der Waals surface area contributed by atoms with Gasteiger partial charge in [-0.25, -0.2) is 0 Å². The van der Waals surface area contributed by atoms with Crippen molar-refractivity contribution in [2.24, 2.45) is 16.8 Å². The SMILES string of the molecule is CCC(CC)C(CNC(=NC)NCCNC(=O)CC1CCCC1)N1CCOCC1. The first-order valence-corrected chi connectivity index (χ1v) is 11.7. The molecular formula is C22H43N5O2. The van der Waals surface area contributed by atoms with Crippen LogP contribution in [0.5, 0.6) is 0 Å². The van der Waals surface area contributed by atoms with Crippen LogP contribution in [0.1, 0.15) is 58.8 Å². The lowest BCUT2D eigenvalue weighted by Crippen LogP contribution is -2.53. The molecule has 0 bridgehead atoms. The van der Waals surface area contributed by atoms with E-state index >= 15 is 0 Å². The van der Waals surface area contributed by atoms with E-state index in [9.17, 15) is 4.79 Å². The Balaban J connectivity index is 1.70. The third kappa shape index (κ3) is 8.51. The number of hydrogen-bond donors (Lipinski definition) is 3. The molecular weight excluding hydrogens is 366 g/mol. The molecule has 2 fully saturated rings. The average molecular weight is 410 g/mol. The lowest BCUT2D eigenvalue weighted by molar-refractivity contribution is -0.121. The van der Waals surface area contributed by atoms with Crippen molar-refractivity contribution in [2.75, 3.05) is 53.0 Å². The molecule has 1 aliphatic carbocycles. The van der Waals surface area contributed by atoms with Crippen LogP contribution in [0.3, 0.4) is 0 Å². The highest BCUT2D eigenvalue weighted by Crippen LogP contribution is 2.27. The zero-order valence-electron chi connectivity index (χ0n) is 18.8. The van der Waals surface area contributed by atoms with Crippen molar-refractivity contribution in [3.63, 3.8) is 0 Å². The minimum absolute atomic E-state index is 0.183. The summed E-state index contributed by atoms with van der Waals surface area (Å²) < 4.78 is 5.54. The number of ether oxygens (including phenoxy) is 1. The molecule has 0 aromatic carbocycles. The fourth-order valence-corrected chi connectivity index (χ4v) is 4.69. The largest absolute Gasteiger partial charge is 0.379 e. The van der Waals surface area contributed by atoms with Crippen molar-refractivity contribution in [1.29, 1.82) is 0 Å². The summed E-state index contributed by atoms with van der Waals surface area (Å²) in [7, 11) is 1.80. The number of carbonyl (C=O) groups excluding carboxylic acids is 1. The predicted octanol–water partition coefficient (Wildman–Crippen LogP) is 1.98. The third-order valence-corrected chi connectivity index (χ3v) is 6.50. The molecule has 0 aromatic heterocycles. The van der Waals surface area contributed by atoms with E-state index in [1.54, 1.807) is 7.05 Å². The average Bonchev–Trinajstić information content (AvgIpc) is 3.26. The molecule has 1 amide bonds. The Kier molecular flexibility index (Phi) is 11.4. The number of amides is 1. The molecule has 0 spiro atoms. The highest BCUT2D eigenvalue weighted by atomic mass is 16.5. The fraction of sp³-hybridized carbons (Fsp3) is 0.909. The van der Waals surface area contributed by atoms with Gasteiger partial charge in [0.2, 0.25) is 5.91 Å². The molecule has 0 aromatic rings. The highest BCUT2D eigenvalue weighted by Gasteiger charge is 2.27. The number of nitrogens with one attached hydrogen (secondary N) is 3. The van der Waals surface area contributed by atoms with Crippen molar-refractivity contribution in [2.45, 2.75) is 64.8 Å². The van der Waals surface area contributed by atoms with Crippen LogP contribution in [0.25, 0.3) is 0 Å². The molecule has 2 aliphatic rings. The Labute approximate surface area is 177 Å². The van der Waals surface area contributed by atoms with Gasteiger partial charge in [0.25, 0.3) is 0 Å². The summed E-state index contributed by atoms with van der Waals surface area (Å²) in [6.07, 6.45) is 8.03. The van der Waals surface area contributed by atoms with Gasteiger partial charge in [-0.1, -0.05) is 39.5 Å². The monoisotopic (exact) mass is 409 g/mol. The van der Waals surface area contributed by atoms with Gasteiger partial charge in [0.15, 0.2) is 5.96 Å². The fourth-order valence-electron chi connectivity index (χ4n) is 4.69. The quantitative estimate of drug-likeness (QED) is 0.276. The number of aliphatic imine (C=N–C) groups is 1. The molecule has 7 heteroatoms. The number of morpholine rings is 1. The van der Waals surface area contributed by atoms with Gasteiger partial charge in [-0.2, -0.15) is 0 Å². The van der Waals surface area contributed by atoms with Crippen LogP contribution in [0.2, 0.25) is 0 Å². The van der Waals surface area contributed by atoms with Crippen molar-refractivity contribution in [1.82, 2.24) is 20.9 Å². The summed E-state index contributed by atoms with van der Waals surface area (Å²) in [5.41, 5.74) is 0. The molecule has 1 saturated carbocycles. The number of hydrogen-bond acceptors (Lipinski definition) is 4. The molecule has 1 atom stereocenters. The van der Waals surface area contributed by atoms with Crippen LogP contribution in [-0.4, -0.2) is 75.8 Å². The first-order chi connectivity index (χ1) is 14.2. The van der Waals surface area contributed by atoms with E-state index < -0.39 is 0 Å². The molecule has 3 N–H and O–H groups in total. The van der Waals surface area contributed by atoms with Gasteiger partial charge in [0, 0.05) is 52.2 Å². The summed E-state index contributed by atoms with van der Waals surface area (Å²) in [5, 5.41) is 9.87. The number of guanidine groups is 1. The normalized spacial score (nSPS) is 20.1. The van der Waals surface area contributed by atoms with Gasteiger partial charge in [-0.05, 0) is 24.7 Å². The third-order valence-electron chi connectivity index (χ3n) is 6.50. The molecule has 1 saturated heterocycles. The Morgan fingerprint density at radius 2 is 1.72 bits per heavy atom. The second-order valence-electron chi connectivity index (χ2n) is 8.38. The lowest BCUT2D eigenvalue weighted by Gasteiger charge is -2.39. The Bertz CT molecular complexity index is 484. The van der Waals surface area contributed by atoms with Gasteiger partial charge in [0.1, 0.15) is 0 Å². The van der Waals surface area contributed by atoms with Gasteiger partial charge in [-0.15, -0.1) is 0 Å². The molecule has 2 rings (SSSR count). The minimum atomic E-state index is 0.183. The molecule has 1 unspecified atom stereocenters. The topological polar surface area (TPSA) is 78.0 Å². The van der Waals surface area contributed by atoms with Crippen LogP contribution in [0, 0.1) is 11.8 Å². The van der Waals surface area contributed by atoms with Gasteiger partial charge < -0.3 is 20.7 Å². The zero-order valence-corrected chi connectivity index (χ0v) is 18.8. The number of carbonyl (C=O) groups is 1. The van der Waals surface area contributed by atoms with E-state index in [0.29, 0.717) is 37.4 Å².